The quantitative estimate of drug-likeness (QED) is 0.862. The molecule has 0 aliphatic carbocycles. The first-order valence-electron chi connectivity index (χ1n) is 6.06. The van der Waals surface area contributed by atoms with E-state index in [2.05, 4.69) is 5.32 Å². The number of halogens is 4. The summed E-state index contributed by atoms with van der Waals surface area (Å²) in [5.74, 6) is 0.497. The summed E-state index contributed by atoms with van der Waals surface area (Å²) in [6.45, 7) is 2.02. The van der Waals surface area contributed by atoms with Crippen LogP contribution in [0.15, 0.2) is 12.1 Å². The zero-order valence-electron chi connectivity index (χ0n) is 11.5. The normalized spacial score (nSPS) is 13.2. The van der Waals surface area contributed by atoms with Gasteiger partial charge in [-0.25, -0.2) is 0 Å². The van der Waals surface area contributed by atoms with E-state index in [-0.39, 0.29) is 28.6 Å². The van der Waals surface area contributed by atoms with Crippen LogP contribution in [0.1, 0.15) is 24.9 Å². The van der Waals surface area contributed by atoms with E-state index in [1.807, 2.05) is 0 Å². The van der Waals surface area contributed by atoms with Crippen molar-refractivity contribution >= 4 is 11.6 Å². The molecular formula is C13H17ClF3NO2. The van der Waals surface area contributed by atoms with Crippen molar-refractivity contribution in [2.75, 3.05) is 20.8 Å². The molecule has 114 valence electrons. The van der Waals surface area contributed by atoms with Crippen LogP contribution in [0.4, 0.5) is 13.2 Å². The second-order valence-corrected chi connectivity index (χ2v) is 4.56. The molecule has 0 bridgehead atoms. The number of rotatable bonds is 6. The molecule has 0 amide bonds. The number of hydrogen-bond acceptors (Lipinski definition) is 3. The van der Waals surface area contributed by atoms with Gasteiger partial charge in [0.25, 0.3) is 0 Å². The lowest BCUT2D eigenvalue weighted by atomic mass is 10.1. The van der Waals surface area contributed by atoms with Crippen molar-refractivity contribution in [2.24, 2.45) is 0 Å². The van der Waals surface area contributed by atoms with Gasteiger partial charge in [-0.3, -0.25) is 0 Å². The zero-order valence-corrected chi connectivity index (χ0v) is 12.2. The van der Waals surface area contributed by atoms with E-state index < -0.39 is 12.2 Å². The molecule has 3 nitrogen and oxygen atoms in total. The van der Waals surface area contributed by atoms with E-state index in [0.717, 1.165) is 0 Å². The van der Waals surface area contributed by atoms with Gasteiger partial charge in [-0.05, 0) is 19.0 Å². The average molecular weight is 312 g/mol. The Kier molecular flexibility index (Phi) is 5.95. The van der Waals surface area contributed by atoms with Crippen molar-refractivity contribution < 1.29 is 22.6 Å². The van der Waals surface area contributed by atoms with Gasteiger partial charge >= 0.3 is 6.18 Å². The molecule has 0 saturated heterocycles. The Labute approximate surface area is 121 Å². The molecule has 0 fully saturated rings. The topological polar surface area (TPSA) is 30.5 Å². The molecule has 0 spiro atoms. The number of nitrogens with one attached hydrogen (secondary N) is 1. The van der Waals surface area contributed by atoms with E-state index >= 15 is 0 Å². The van der Waals surface area contributed by atoms with Gasteiger partial charge < -0.3 is 14.8 Å². The predicted octanol–water partition coefficient (Wildman–Crippen LogP) is 3.96. The van der Waals surface area contributed by atoms with Crippen molar-refractivity contribution in [3.8, 4) is 11.5 Å². The highest BCUT2D eigenvalue weighted by molar-refractivity contribution is 6.31. The van der Waals surface area contributed by atoms with Gasteiger partial charge in [-0.15, -0.1) is 0 Å². The van der Waals surface area contributed by atoms with Crippen LogP contribution >= 0.6 is 11.6 Å². The largest absolute Gasteiger partial charge is 0.493 e. The lowest BCUT2D eigenvalue weighted by Gasteiger charge is -2.24. The van der Waals surface area contributed by atoms with Gasteiger partial charge in [0, 0.05) is 16.7 Å². The second kappa shape index (κ2) is 7.04. The summed E-state index contributed by atoms with van der Waals surface area (Å²) in [6.07, 6.45) is -3.87. The monoisotopic (exact) mass is 311 g/mol. The van der Waals surface area contributed by atoms with Crippen LogP contribution in [-0.2, 0) is 0 Å². The molecule has 0 heterocycles. The van der Waals surface area contributed by atoms with Crippen LogP contribution in [0.5, 0.6) is 11.5 Å². The minimum atomic E-state index is -4.45. The molecule has 1 aromatic rings. The standard InChI is InChI=1S/C13H17ClF3NO2/c1-4-5-18-12(13(15,16)17)8-6-10(19-2)11(20-3)7-9(8)14/h6-7,12,18H,4-5H2,1-3H3. The second-order valence-electron chi connectivity index (χ2n) is 4.16. The minimum Gasteiger partial charge on any atom is -0.493 e. The van der Waals surface area contributed by atoms with Crippen molar-refractivity contribution in [1.82, 2.24) is 5.32 Å². The first-order chi connectivity index (χ1) is 9.35. The Balaban J connectivity index is 3.25. The maximum atomic E-state index is 13.1. The van der Waals surface area contributed by atoms with Gasteiger partial charge in [0.15, 0.2) is 11.5 Å². The van der Waals surface area contributed by atoms with Gasteiger partial charge in [0.2, 0.25) is 0 Å². The smallest absolute Gasteiger partial charge is 0.407 e. The van der Waals surface area contributed by atoms with Crippen LogP contribution in [0.2, 0.25) is 5.02 Å². The average Bonchev–Trinajstić information content (AvgIpc) is 2.38. The SMILES string of the molecule is CCCNC(c1cc(OC)c(OC)cc1Cl)C(F)(F)F. The van der Waals surface area contributed by atoms with E-state index in [1.54, 1.807) is 6.92 Å². The first kappa shape index (κ1) is 16.9. The molecule has 1 atom stereocenters. The molecule has 1 N–H and O–H groups in total. The Morgan fingerprint density at radius 1 is 1.20 bits per heavy atom. The van der Waals surface area contributed by atoms with Crippen molar-refractivity contribution in [2.45, 2.75) is 25.6 Å². The zero-order chi connectivity index (χ0) is 15.3. The molecular weight excluding hydrogens is 295 g/mol. The molecule has 1 rings (SSSR count). The number of methoxy groups -OCH3 is 2. The highest BCUT2D eigenvalue weighted by Gasteiger charge is 2.41. The summed E-state index contributed by atoms with van der Waals surface area (Å²) in [4.78, 5) is 0. The molecule has 0 radical (unpaired) electrons. The van der Waals surface area contributed by atoms with Crippen LogP contribution in [-0.4, -0.2) is 26.9 Å². The fraction of sp³-hybridized carbons (Fsp3) is 0.538. The van der Waals surface area contributed by atoms with Crippen LogP contribution in [0.3, 0.4) is 0 Å². The maximum Gasteiger partial charge on any atom is 0.407 e. The summed E-state index contributed by atoms with van der Waals surface area (Å²) < 4.78 is 49.4. The molecule has 0 aliphatic heterocycles. The fourth-order valence-corrected chi connectivity index (χ4v) is 2.04. The van der Waals surface area contributed by atoms with Crippen molar-refractivity contribution in [3.05, 3.63) is 22.7 Å². The number of alkyl halides is 3. The van der Waals surface area contributed by atoms with Gasteiger partial charge in [-0.2, -0.15) is 13.2 Å². The summed E-state index contributed by atoms with van der Waals surface area (Å²) in [6, 6.07) is 0.735. The van der Waals surface area contributed by atoms with E-state index in [0.29, 0.717) is 6.42 Å². The lowest BCUT2D eigenvalue weighted by Crippen LogP contribution is -2.34. The van der Waals surface area contributed by atoms with Crippen molar-refractivity contribution in [3.63, 3.8) is 0 Å². The van der Waals surface area contributed by atoms with E-state index in [9.17, 15) is 13.2 Å². The molecule has 7 heteroatoms. The Morgan fingerprint density at radius 3 is 2.20 bits per heavy atom. The Hall–Kier alpha value is -1.14. The van der Waals surface area contributed by atoms with Crippen LogP contribution in [0.25, 0.3) is 0 Å². The van der Waals surface area contributed by atoms with E-state index in [4.69, 9.17) is 21.1 Å². The molecule has 0 aromatic heterocycles. The third kappa shape index (κ3) is 3.93. The fourth-order valence-electron chi connectivity index (χ4n) is 1.78. The highest BCUT2D eigenvalue weighted by atomic mass is 35.5. The molecule has 1 unspecified atom stereocenters. The van der Waals surface area contributed by atoms with Crippen molar-refractivity contribution in [1.29, 1.82) is 0 Å². The first-order valence-corrected chi connectivity index (χ1v) is 6.44. The Bertz CT molecular complexity index is 452. The lowest BCUT2D eigenvalue weighted by molar-refractivity contribution is -0.157. The van der Waals surface area contributed by atoms with Gasteiger partial charge in [-0.1, -0.05) is 18.5 Å². The summed E-state index contributed by atoms with van der Waals surface area (Å²) in [7, 11) is 2.75. The van der Waals surface area contributed by atoms with Gasteiger partial charge in [0.05, 0.1) is 14.2 Å². The third-order valence-corrected chi connectivity index (χ3v) is 3.07. The van der Waals surface area contributed by atoms with Crippen LogP contribution < -0.4 is 14.8 Å². The Morgan fingerprint density at radius 2 is 1.75 bits per heavy atom. The molecule has 0 saturated carbocycles. The number of ether oxygens (including phenoxy) is 2. The number of hydrogen-bond donors (Lipinski definition) is 1. The van der Waals surface area contributed by atoms with E-state index in [1.165, 1.54) is 26.4 Å². The van der Waals surface area contributed by atoms with Crippen LogP contribution in [0, 0.1) is 0 Å². The van der Waals surface area contributed by atoms with Gasteiger partial charge in [0.1, 0.15) is 6.04 Å². The predicted molar refractivity (Wildman–Crippen MR) is 71.6 cm³/mol. The summed E-state index contributed by atoms with van der Waals surface area (Å²) in [5.41, 5.74) is -0.0785. The molecule has 20 heavy (non-hydrogen) atoms. The summed E-state index contributed by atoms with van der Waals surface area (Å²) in [5, 5.41) is 2.43. The molecule has 0 aliphatic rings. The maximum absolute atomic E-state index is 13.1. The third-order valence-electron chi connectivity index (χ3n) is 2.74. The molecule has 1 aromatic carbocycles. The number of benzene rings is 1. The highest BCUT2D eigenvalue weighted by Crippen LogP contribution is 2.41. The minimum absolute atomic E-state index is 0.0198. The summed E-state index contributed by atoms with van der Waals surface area (Å²) >= 11 is 5.94.